The molecule has 0 radical (unpaired) electrons. The van der Waals surface area contributed by atoms with Crippen molar-refractivity contribution in [2.24, 2.45) is 11.1 Å². The van der Waals surface area contributed by atoms with Crippen LogP contribution < -0.4 is 5.14 Å². The number of carbonyl (C=O) groups is 1. The van der Waals surface area contributed by atoms with E-state index in [2.05, 4.69) is 8.92 Å². The standard InChI is InChI=1S/C12H16N2O8S/c1-8(7-21-23(13,18)19)11(22-12(15)20-2)9-5-3-4-6-10(9)14(16)17/h3-6,8,11H,7H2,1-2H3,(H2,13,18,19)/t8-,11+/m0/s1. The molecule has 0 saturated carbocycles. The average molecular weight is 348 g/mol. The minimum absolute atomic E-state index is 0.0772. The molecular formula is C12H16N2O8S. The van der Waals surface area contributed by atoms with Crippen LogP contribution >= 0.6 is 0 Å². The van der Waals surface area contributed by atoms with Crippen molar-refractivity contribution in [3.63, 3.8) is 0 Å². The van der Waals surface area contributed by atoms with Crippen molar-refractivity contribution in [1.29, 1.82) is 0 Å². The molecule has 0 heterocycles. The molecule has 10 nitrogen and oxygen atoms in total. The lowest BCUT2D eigenvalue weighted by Gasteiger charge is -2.23. The van der Waals surface area contributed by atoms with Crippen molar-refractivity contribution in [3.05, 3.63) is 39.9 Å². The summed E-state index contributed by atoms with van der Waals surface area (Å²) in [5.41, 5.74) is -0.211. The van der Waals surface area contributed by atoms with Gasteiger partial charge in [0.05, 0.1) is 24.2 Å². The van der Waals surface area contributed by atoms with Crippen LogP contribution in [0.2, 0.25) is 0 Å². The van der Waals surface area contributed by atoms with E-state index in [0.717, 1.165) is 7.11 Å². The maximum Gasteiger partial charge on any atom is 0.508 e. The summed E-state index contributed by atoms with van der Waals surface area (Å²) in [6, 6.07) is 5.58. The lowest BCUT2D eigenvalue weighted by atomic mass is 9.96. The van der Waals surface area contributed by atoms with E-state index in [1.807, 2.05) is 0 Å². The molecule has 1 rings (SSSR count). The summed E-state index contributed by atoms with van der Waals surface area (Å²) in [4.78, 5) is 21.8. The SMILES string of the molecule is COC(=O)O[C@@H](c1ccccc1[N+](=O)[O-])[C@@H](C)COS(N)(=O)=O. The van der Waals surface area contributed by atoms with Gasteiger partial charge in [-0.25, -0.2) is 9.93 Å². The Kier molecular flexibility index (Phi) is 6.42. The molecule has 0 aliphatic heterocycles. The Balaban J connectivity index is 3.15. The number of hydrogen-bond donors (Lipinski definition) is 1. The van der Waals surface area contributed by atoms with Crippen LogP contribution in [0.3, 0.4) is 0 Å². The number of nitrogens with zero attached hydrogens (tertiary/aromatic N) is 1. The third-order valence-electron chi connectivity index (χ3n) is 2.84. The Morgan fingerprint density at radius 3 is 2.52 bits per heavy atom. The predicted molar refractivity (Wildman–Crippen MR) is 77.6 cm³/mol. The van der Waals surface area contributed by atoms with Crippen molar-refractivity contribution < 1.29 is 31.8 Å². The summed E-state index contributed by atoms with van der Waals surface area (Å²) in [5, 5.41) is 15.8. The van der Waals surface area contributed by atoms with Gasteiger partial charge in [0.15, 0.2) is 0 Å². The number of nitro benzene ring substituents is 1. The number of carbonyl (C=O) groups excluding carboxylic acids is 1. The molecule has 0 saturated heterocycles. The number of methoxy groups -OCH3 is 1. The minimum Gasteiger partial charge on any atom is -0.438 e. The van der Waals surface area contributed by atoms with Crippen LogP contribution in [0.25, 0.3) is 0 Å². The predicted octanol–water partition coefficient (Wildman–Crippen LogP) is 1.28. The fourth-order valence-corrected chi connectivity index (χ4v) is 2.23. The second-order valence-corrected chi connectivity index (χ2v) is 5.78. The van der Waals surface area contributed by atoms with Crippen LogP contribution in [0.4, 0.5) is 10.5 Å². The molecule has 0 unspecified atom stereocenters. The highest BCUT2D eigenvalue weighted by Gasteiger charge is 2.31. The summed E-state index contributed by atoms with van der Waals surface area (Å²) >= 11 is 0. The Morgan fingerprint density at radius 2 is 2.00 bits per heavy atom. The Labute approximate surface area is 132 Å². The normalized spacial score (nSPS) is 13.9. The van der Waals surface area contributed by atoms with E-state index in [1.165, 1.54) is 31.2 Å². The van der Waals surface area contributed by atoms with E-state index in [1.54, 1.807) is 0 Å². The number of nitro groups is 1. The highest BCUT2D eigenvalue weighted by Crippen LogP contribution is 2.33. The molecule has 0 aliphatic rings. The fourth-order valence-electron chi connectivity index (χ4n) is 1.82. The second kappa shape index (κ2) is 7.85. The highest BCUT2D eigenvalue weighted by molar-refractivity contribution is 7.84. The molecule has 23 heavy (non-hydrogen) atoms. The van der Waals surface area contributed by atoms with E-state index in [9.17, 15) is 23.3 Å². The van der Waals surface area contributed by atoms with Gasteiger partial charge in [-0.15, -0.1) is 0 Å². The van der Waals surface area contributed by atoms with Gasteiger partial charge in [0.1, 0.15) is 6.10 Å². The maximum atomic E-state index is 11.4. The largest absolute Gasteiger partial charge is 0.508 e. The molecule has 0 bridgehead atoms. The second-order valence-electron chi connectivity index (χ2n) is 4.56. The molecular weight excluding hydrogens is 332 g/mol. The van der Waals surface area contributed by atoms with Crippen LogP contribution in [0, 0.1) is 16.0 Å². The molecule has 0 fully saturated rings. The van der Waals surface area contributed by atoms with Gasteiger partial charge in [-0.3, -0.25) is 14.3 Å². The van der Waals surface area contributed by atoms with Gasteiger partial charge < -0.3 is 9.47 Å². The van der Waals surface area contributed by atoms with Crippen LogP contribution in [0.15, 0.2) is 24.3 Å². The third kappa shape index (κ3) is 5.81. The quantitative estimate of drug-likeness (QED) is 0.440. The molecule has 2 N–H and O–H groups in total. The minimum atomic E-state index is -4.20. The van der Waals surface area contributed by atoms with E-state index < -0.39 is 40.0 Å². The molecule has 1 aromatic rings. The van der Waals surface area contributed by atoms with Gasteiger partial charge in [-0.05, 0) is 6.07 Å². The van der Waals surface area contributed by atoms with Crippen LogP contribution in [-0.2, 0) is 24.0 Å². The maximum absolute atomic E-state index is 11.4. The van der Waals surface area contributed by atoms with Crippen molar-refractivity contribution in [3.8, 4) is 0 Å². The number of para-hydroxylation sites is 1. The molecule has 0 amide bonds. The molecule has 11 heteroatoms. The first-order valence-corrected chi connectivity index (χ1v) is 7.78. The van der Waals surface area contributed by atoms with Gasteiger partial charge in [0.2, 0.25) is 0 Å². The zero-order valence-corrected chi connectivity index (χ0v) is 13.2. The van der Waals surface area contributed by atoms with E-state index in [4.69, 9.17) is 9.88 Å². The molecule has 128 valence electrons. The fraction of sp³-hybridized carbons (Fsp3) is 0.417. The van der Waals surface area contributed by atoms with Crippen molar-refractivity contribution in [2.75, 3.05) is 13.7 Å². The van der Waals surface area contributed by atoms with Crippen LogP contribution in [0.5, 0.6) is 0 Å². The van der Waals surface area contributed by atoms with Crippen molar-refractivity contribution in [2.45, 2.75) is 13.0 Å². The van der Waals surface area contributed by atoms with Crippen molar-refractivity contribution in [1.82, 2.24) is 0 Å². The Bertz CT molecular complexity index is 675. The summed E-state index contributed by atoms with van der Waals surface area (Å²) in [6.07, 6.45) is -2.23. The van der Waals surface area contributed by atoms with E-state index >= 15 is 0 Å². The first-order chi connectivity index (χ1) is 10.7. The molecule has 2 atom stereocenters. The molecule has 0 aromatic heterocycles. The van der Waals surface area contributed by atoms with Gasteiger partial charge in [0.25, 0.3) is 5.69 Å². The van der Waals surface area contributed by atoms with Crippen molar-refractivity contribution >= 4 is 22.1 Å². The smallest absolute Gasteiger partial charge is 0.438 e. The van der Waals surface area contributed by atoms with E-state index in [-0.39, 0.29) is 11.3 Å². The van der Waals surface area contributed by atoms with Crippen LogP contribution in [-0.4, -0.2) is 33.2 Å². The summed E-state index contributed by atoms with van der Waals surface area (Å²) in [6.45, 7) is 1.04. The monoisotopic (exact) mass is 348 g/mol. The summed E-state index contributed by atoms with van der Waals surface area (Å²) in [5.74, 6) is -0.756. The average Bonchev–Trinajstić information content (AvgIpc) is 2.49. The topological polar surface area (TPSA) is 148 Å². The lowest BCUT2D eigenvalue weighted by Crippen LogP contribution is -2.25. The zero-order valence-electron chi connectivity index (χ0n) is 12.4. The summed E-state index contributed by atoms with van der Waals surface area (Å²) in [7, 11) is -3.13. The third-order valence-corrected chi connectivity index (χ3v) is 3.31. The van der Waals surface area contributed by atoms with Crippen LogP contribution in [0.1, 0.15) is 18.6 Å². The highest BCUT2D eigenvalue weighted by atomic mass is 32.2. The number of nitrogens with two attached hydrogens (primary N) is 1. The van der Waals surface area contributed by atoms with Gasteiger partial charge >= 0.3 is 16.5 Å². The Hall–Kier alpha value is -2.24. The number of rotatable bonds is 7. The number of hydrogen-bond acceptors (Lipinski definition) is 8. The van der Waals surface area contributed by atoms with Gasteiger partial charge in [0, 0.05) is 12.0 Å². The molecule has 1 aromatic carbocycles. The Morgan fingerprint density at radius 1 is 1.39 bits per heavy atom. The number of benzene rings is 1. The van der Waals surface area contributed by atoms with E-state index in [0.29, 0.717) is 0 Å². The van der Waals surface area contributed by atoms with Gasteiger partial charge in [-0.1, -0.05) is 19.1 Å². The molecule has 0 spiro atoms. The zero-order chi connectivity index (χ0) is 17.6. The number of ether oxygens (including phenoxy) is 2. The molecule has 0 aliphatic carbocycles. The lowest BCUT2D eigenvalue weighted by molar-refractivity contribution is -0.386. The summed E-state index contributed by atoms with van der Waals surface area (Å²) < 4.78 is 35.6. The van der Waals surface area contributed by atoms with Gasteiger partial charge in [-0.2, -0.15) is 8.42 Å². The first-order valence-electron chi connectivity index (χ1n) is 6.30. The first kappa shape index (κ1) is 18.8.